The molecule has 25 heavy (non-hydrogen) atoms. The maximum Gasteiger partial charge on any atom is 0.228 e. The largest absolute Gasteiger partial charge is 0.378 e. The number of anilines is 3. The summed E-state index contributed by atoms with van der Waals surface area (Å²) in [5, 5.41) is 3.04. The molecule has 138 valence electrons. The molecule has 7 heteroatoms. The van der Waals surface area contributed by atoms with Gasteiger partial charge in [0.25, 0.3) is 0 Å². The fraction of sp³-hybridized carbons (Fsp3) is 0.611. The van der Waals surface area contributed by atoms with E-state index in [9.17, 15) is 4.79 Å². The molecule has 1 aromatic carbocycles. The first-order valence-electron chi connectivity index (χ1n) is 8.99. The average molecular weight is 348 g/mol. The highest BCUT2D eigenvalue weighted by molar-refractivity contribution is 5.96. The lowest BCUT2D eigenvalue weighted by molar-refractivity contribution is -0.119. The number of benzene rings is 1. The number of nitrogens with zero attached hydrogens (tertiary/aromatic N) is 2. The fourth-order valence-corrected chi connectivity index (χ4v) is 3.07. The number of ether oxygens (including phenoxy) is 2. The molecular formula is C18H28N4O3. The van der Waals surface area contributed by atoms with E-state index in [1.165, 1.54) is 0 Å². The van der Waals surface area contributed by atoms with Crippen molar-refractivity contribution in [3.8, 4) is 0 Å². The van der Waals surface area contributed by atoms with Crippen molar-refractivity contribution in [3.63, 3.8) is 0 Å². The summed E-state index contributed by atoms with van der Waals surface area (Å²) in [5.41, 5.74) is 8.67. The maximum atomic E-state index is 12.3. The van der Waals surface area contributed by atoms with Crippen LogP contribution >= 0.6 is 0 Å². The minimum Gasteiger partial charge on any atom is -0.378 e. The quantitative estimate of drug-likeness (QED) is 0.823. The number of amides is 1. The van der Waals surface area contributed by atoms with Gasteiger partial charge in [-0.25, -0.2) is 0 Å². The monoisotopic (exact) mass is 348 g/mol. The molecule has 0 saturated carbocycles. The molecule has 1 atom stereocenters. The number of nitrogens with one attached hydrogen (secondary N) is 1. The normalized spacial score (nSPS) is 19.6. The van der Waals surface area contributed by atoms with E-state index in [1.54, 1.807) is 0 Å². The minimum absolute atomic E-state index is 0.0452. The van der Waals surface area contributed by atoms with Crippen molar-refractivity contribution in [2.45, 2.75) is 6.92 Å². The Kier molecular flexibility index (Phi) is 6.12. The van der Waals surface area contributed by atoms with Crippen LogP contribution in [0, 0.1) is 5.92 Å². The van der Waals surface area contributed by atoms with Gasteiger partial charge < -0.3 is 30.3 Å². The maximum absolute atomic E-state index is 12.3. The number of carbonyl (C=O) groups excluding carboxylic acids is 1. The lowest BCUT2D eigenvalue weighted by atomic mass is 10.1. The molecule has 2 heterocycles. The molecule has 2 saturated heterocycles. The van der Waals surface area contributed by atoms with Gasteiger partial charge in [-0.1, -0.05) is 6.92 Å². The van der Waals surface area contributed by atoms with Crippen LogP contribution < -0.4 is 20.9 Å². The van der Waals surface area contributed by atoms with Gasteiger partial charge in [0.1, 0.15) is 0 Å². The Labute approximate surface area is 149 Å². The Morgan fingerprint density at radius 2 is 1.72 bits per heavy atom. The minimum atomic E-state index is -0.212. The Morgan fingerprint density at radius 3 is 2.32 bits per heavy atom. The Bertz CT molecular complexity index is 584. The average Bonchev–Trinajstić information content (AvgIpc) is 2.69. The van der Waals surface area contributed by atoms with E-state index in [1.807, 2.05) is 13.0 Å². The Balaban J connectivity index is 1.85. The van der Waals surface area contributed by atoms with E-state index < -0.39 is 0 Å². The zero-order valence-electron chi connectivity index (χ0n) is 14.9. The van der Waals surface area contributed by atoms with Crippen molar-refractivity contribution in [1.82, 2.24) is 0 Å². The number of nitrogens with two attached hydrogens (primary N) is 1. The second kappa shape index (κ2) is 8.51. The first-order chi connectivity index (χ1) is 12.2. The summed E-state index contributed by atoms with van der Waals surface area (Å²) in [6.07, 6.45) is 0. The van der Waals surface area contributed by atoms with Gasteiger partial charge in [0.05, 0.1) is 37.8 Å². The highest BCUT2D eigenvalue weighted by Gasteiger charge is 2.20. The standard InChI is InChI=1S/C18H28N4O3/c1-14(13-19)18(23)20-16-3-2-15(21-4-8-24-9-5-21)12-17(16)22-6-10-25-11-7-22/h2-3,12,14H,4-11,13,19H2,1H3,(H,20,23). The molecule has 2 aliphatic heterocycles. The van der Waals surface area contributed by atoms with Crippen LogP contribution in [0.1, 0.15) is 6.92 Å². The summed E-state index contributed by atoms with van der Waals surface area (Å²) in [6, 6.07) is 6.23. The Morgan fingerprint density at radius 1 is 1.12 bits per heavy atom. The third kappa shape index (κ3) is 4.42. The van der Waals surface area contributed by atoms with E-state index >= 15 is 0 Å². The van der Waals surface area contributed by atoms with E-state index in [2.05, 4.69) is 27.2 Å². The van der Waals surface area contributed by atoms with Gasteiger partial charge in [-0.15, -0.1) is 0 Å². The van der Waals surface area contributed by atoms with Gasteiger partial charge in [-0.2, -0.15) is 0 Å². The molecule has 0 bridgehead atoms. The van der Waals surface area contributed by atoms with Gasteiger partial charge in [0, 0.05) is 44.3 Å². The third-order valence-electron chi connectivity index (χ3n) is 4.77. The highest BCUT2D eigenvalue weighted by atomic mass is 16.5. The predicted molar refractivity (Wildman–Crippen MR) is 99.4 cm³/mol. The number of rotatable bonds is 5. The van der Waals surface area contributed by atoms with Crippen LogP contribution in [0.25, 0.3) is 0 Å². The summed E-state index contributed by atoms with van der Waals surface area (Å²) in [5.74, 6) is -0.257. The van der Waals surface area contributed by atoms with Crippen molar-refractivity contribution in [3.05, 3.63) is 18.2 Å². The molecule has 1 unspecified atom stereocenters. The predicted octanol–water partition coefficient (Wildman–Crippen LogP) is 0.893. The van der Waals surface area contributed by atoms with Crippen LogP contribution in [0.3, 0.4) is 0 Å². The summed E-state index contributed by atoms with van der Waals surface area (Å²) >= 11 is 0. The van der Waals surface area contributed by atoms with Gasteiger partial charge in [0.2, 0.25) is 5.91 Å². The molecule has 0 radical (unpaired) electrons. The van der Waals surface area contributed by atoms with Crippen LogP contribution in [0.15, 0.2) is 18.2 Å². The first-order valence-corrected chi connectivity index (χ1v) is 8.99. The molecule has 1 amide bonds. The third-order valence-corrected chi connectivity index (χ3v) is 4.77. The van der Waals surface area contributed by atoms with Gasteiger partial charge >= 0.3 is 0 Å². The van der Waals surface area contributed by atoms with Crippen LogP contribution in [0.4, 0.5) is 17.1 Å². The van der Waals surface area contributed by atoms with E-state index in [0.29, 0.717) is 19.8 Å². The highest BCUT2D eigenvalue weighted by Crippen LogP contribution is 2.32. The summed E-state index contributed by atoms with van der Waals surface area (Å²) in [7, 11) is 0. The molecule has 0 aliphatic carbocycles. The second-order valence-corrected chi connectivity index (χ2v) is 6.53. The Hall–Kier alpha value is -1.83. The van der Waals surface area contributed by atoms with Gasteiger partial charge in [-0.05, 0) is 18.2 Å². The topological polar surface area (TPSA) is 80.1 Å². The van der Waals surface area contributed by atoms with E-state index in [4.69, 9.17) is 15.2 Å². The second-order valence-electron chi connectivity index (χ2n) is 6.53. The lowest BCUT2D eigenvalue weighted by Gasteiger charge is -2.33. The van der Waals surface area contributed by atoms with Crippen LogP contribution in [-0.4, -0.2) is 65.1 Å². The van der Waals surface area contributed by atoms with Crippen LogP contribution in [-0.2, 0) is 14.3 Å². The smallest absolute Gasteiger partial charge is 0.228 e. The lowest BCUT2D eigenvalue weighted by Crippen LogP contribution is -2.38. The summed E-state index contributed by atoms with van der Waals surface area (Å²) in [4.78, 5) is 16.9. The molecule has 2 fully saturated rings. The zero-order valence-corrected chi connectivity index (χ0v) is 14.9. The van der Waals surface area contributed by atoms with Gasteiger partial charge in [0.15, 0.2) is 0 Å². The van der Waals surface area contributed by atoms with Crippen molar-refractivity contribution in [2.75, 3.05) is 74.3 Å². The molecule has 1 aromatic rings. The first kappa shape index (κ1) is 18.0. The van der Waals surface area contributed by atoms with Gasteiger partial charge in [-0.3, -0.25) is 4.79 Å². The van der Waals surface area contributed by atoms with E-state index in [0.717, 1.165) is 56.5 Å². The van der Waals surface area contributed by atoms with E-state index in [-0.39, 0.29) is 11.8 Å². The molecular weight excluding hydrogens is 320 g/mol. The number of hydrogen-bond donors (Lipinski definition) is 2. The molecule has 0 aromatic heterocycles. The SMILES string of the molecule is CC(CN)C(=O)Nc1ccc(N2CCOCC2)cc1N1CCOCC1. The van der Waals surface area contributed by atoms with Crippen molar-refractivity contribution in [1.29, 1.82) is 0 Å². The molecule has 3 N–H and O–H groups in total. The molecule has 7 nitrogen and oxygen atoms in total. The van der Waals surface area contributed by atoms with Crippen molar-refractivity contribution in [2.24, 2.45) is 11.7 Å². The fourth-order valence-electron chi connectivity index (χ4n) is 3.07. The summed E-state index contributed by atoms with van der Waals surface area (Å²) < 4.78 is 10.9. The van der Waals surface area contributed by atoms with Crippen LogP contribution in [0.2, 0.25) is 0 Å². The van der Waals surface area contributed by atoms with Crippen LogP contribution in [0.5, 0.6) is 0 Å². The number of morpholine rings is 2. The molecule has 2 aliphatic rings. The molecule has 3 rings (SSSR count). The molecule has 0 spiro atoms. The number of carbonyl (C=O) groups is 1. The zero-order chi connectivity index (χ0) is 17.6. The van der Waals surface area contributed by atoms with Crippen molar-refractivity contribution < 1.29 is 14.3 Å². The number of hydrogen-bond acceptors (Lipinski definition) is 6. The van der Waals surface area contributed by atoms with Crippen molar-refractivity contribution >= 4 is 23.0 Å². The summed E-state index contributed by atoms with van der Waals surface area (Å²) in [6.45, 7) is 8.50.